The standard InChI is InChI=1S/C22H40O2/c1-5-6-7-8-9-10-11-12-13-14-15-16-17-18-19-21(23)24-20-22(2,3)4/h6-7,9-10H,5,8,11-20H2,1-4H3/b7-6-,10-9-. The molecule has 0 amide bonds. The molecule has 0 saturated heterocycles. The summed E-state index contributed by atoms with van der Waals surface area (Å²) in [4.78, 5) is 11.6. The van der Waals surface area contributed by atoms with Crippen LogP contribution in [0.15, 0.2) is 24.3 Å². The van der Waals surface area contributed by atoms with Crippen molar-refractivity contribution in [2.75, 3.05) is 6.61 Å². The zero-order chi connectivity index (χ0) is 18.1. The van der Waals surface area contributed by atoms with Gasteiger partial charge >= 0.3 is 5.97 Å². The Hall–Kier alpha value is -1.05. The fourth-order valence-electron chi connectivity index (χ4n) is 2.34. The minimum Gasteiger partial charge on any atom is -0.465 e. The van der Waals surface area contributed by atoms with Gasteiger partial charge in [-0.3, -0.25) is 4.79 Å². The molecule has 24 heavy (non-hydrogen) atoms. The number of allylic oxidation sites excluding steroid dienone is 4. The van der Waals surface area contributed by atoms with E-state index in [1.54, 1.807) is 0 Å². The van der Waals surface area contributed by atoms with E-state index in [0.29, 0.717) is 13.0 Å². The maximum absolute atomic E-state index is 11.6. The predicted octanol–water partition coefficient (Wildman–Crippen LogP) is 7.00. The summed E-state index contributed by atoms with van der Waals surface area (Å²) in [6.07, 6.45) is 21.6. The van der Waals surface area contributed by atoms with Gasteiger partial charge in [-0.2, -0.15) is 0 Å². The molecule has 140 valence electrons. The zero-order valence-electron chi connectivity index (χ0n) is 16.6. The van der Waals surface area contributed by atoms with Gasteiger partial charge in [0.1, 0.15) is 0 Å². The first kappa shape index (κ1) is 22.9. The Balaban J connectivity index is 3.28. The van der Waals surface area contributed by atoms with Crippen molar-refractivity contribution in [2.45, 2.75) is 98.3 Å². The summed E-state index contributed by atoms with van der Waals surface area (Å²) >= 11 is 0. The average molecular weight is 337 g/mol. The third kappa shape index (κ3) is 19.0. The van der Waals surface area contributed by atoms with Crippen LogP contribution in [0.5, 0.6) is 0 Å². The lowest BCUT2D eigenvalue weighted by atomic mass is 9.99. The summed E-state index contributed by atoms with van der Waals surface area (Å²) in [5, 5.41) is 0. The number of carbonyl (C=O) groups is 1. The fourth-order valence-corrected chi connectivity index (χ4v) is 2.34. The van der Waals surface area contributed by atoms with Crippen molar-refractivity contribution in [2.24, 2.45) is 5.41 Å². The summed E-state index contributed by atoms with van der Waals surface area (Å²) in [6.45, 7) is 8.94. The van der Waals surface area contributed by atoms with Crippen molar-refractivity contribution < 1.29 is 9.53 Å². The van der Waals surface area contributed by atoms with Gasteiger partial charge in [-0.1, -0.05) is 84.1 Å². The van der Waals surface area contributed by atoms with Crippen LogP contribution in [-0.2, 0) is 9.53 Å². The molecule has 0 aliphatic rings. The SMILES string of the molecule is CC/C=C\C/C=C\CCCCCCCCCC(=O)OCC(C)(C)C. The highest BCUT2D eigenvalue weighted by Crippen LogP contribution is 2.14. The smallest absolute Gasteiger partial charge is 0.305 e. The Bertz CT molecular complexity index is 347. The lowest BCUT2D eigenvalue weighted by Gasteiger charge is -2.17. The van der Waals surface area contributed by atoms with Crippen LogP contribution in [0.2, 0.25) is 0 Å². The van der Waals surface area contributed by atoms with Crippen LogP contribution in [0.25, 0.3) is 0 Å². The summed E-state index contributed by atoms with van der Waals surface area (Å²) < 4.78 is 5.27. The molecule has 2 nitrogen and oxygen atoms in total. The van der Waals surface area contributed by atoms with Crippen molar-refractivity contribution in [3.8, 4) is 0 Å². The number of carbonyl (C=O) groups excluding carboxylic acids is 1. The van der Waals surface area contributed by atoms with Crippen LogP contribution < -0.4 is 0 Å². The van der Waals surface area contributed by atoms with E-state index >= 15 is 0 Å². The van der Waals surface area contributed by atoms with E-state index in [1.165, 1.54) is 38.5 Å². The van der Waals surface area contributed by atoms with Gasteiger partial charge < -0.3 is 4.74 Å². The molecule has 0 rings (SSSR count). The molecular formula is C22H40O2. The van der Waals surface area contributed by atoms with Crippen LogP contribution in [0.3, 0.4) is 0 Å². The third-order valence-electron chi connectivity index (χ3n) is 3.76. The first-order valence-corrected chi connectivity index (χ1v) is 9.91. The van der Waals surface area contributed by atoms with E-state index in [0.717, 1.165) is 25.7 Å². The maximum Gasteiger partial charge on any atom is 0.305 e. The second-order valence-electron chi connectivity index (χ2n) is 7.82. The van der Waals surface area contributed by atoms with Crippen LogP contribution in [0.1, 0.15) is 98.3 Å². The Morgan fingerprint density at radius 2 is 1.42 bits per heavy atom. The molecule has 0 bridgehead atoms. The largest absolute Gasteiger partial charge is 0.465 e. The number of ether oxygens (including phenoxy) is 1. The molecule has 0 fully saturated rings. The fraction of sp³-hybridized carbons (Fsp3) is 0.773. The first-order chi connectivity index (χ1) is 11.5. The van der Waals surface area contributed by atoms with Crippen LogP contribution in [0, 0.1) is 5.41 Å². The molecule has 0 aromatic carbocycles. The van der Waals surface area contributed by atoms with E-state index in [4.69, 9.17) is 4.74 Å². The Labute approximate surface area is 150 Å². The van der Waals surface area contributed by atoms with Crippen molar-refractivity contribution in [3.05, 3.63) is 24.3 Å². The quantitative estimate of drug-likeness (QED) is 0.194. The lowest BCUT2D eigenvalue weighted by molar-refractivity contribution is -0.146. The molecule has 0 heterocycles. The van der Waals surface area contributed by atoms with Gasteiger partial charge in [0.05, 0.1) is 6.61 Å². The van der Waals surface area contributed by atoms with E-state index in [1.807, 2.05) is 0 Å². The highest BCUT2D eigenvalue weighted by molar-refractivity contribution is 5.69. The van der Waals surface area contributed by atoms with Crippen molar-refractivity contribution in [1.82, 2.24) is 0 Å². The summed E-state index contributed by atoms with van der Waals surface area (Å²) in [5.74, 6) is -0.0366. The number of hydrogen-bond donors (Lipinski definition) is 0. The van der Waals surface area contributed by atoms with Crippen molar-refractivity contribution >= 4 is 5.97 Å². The van der Waals surface area contributed by atoms with E-state index in [9.17, 15) is 4.79 Å². The lowest BCUT2D eigenvalue weighted by Crippen LogP contribution is -2.18. The van der Waals surface area contributed by atoms with E-state index in [-0.39, 0.29) is 11.4 Å². The Kier molecular flexibility index (Phi) is 14.8. The Morgan fingerprint density at radius 1 is 0.833 bits per heavy atom. The molecule has 0 aliphatic carbocycles. The zero-order valence-corrected chi connectivity index (χ0v) is 16.6. The van der Waals surface area contributed by atoms with Gasteiger partial charge in [-0.25, -0.2) is 0 Å². The van der Waals surface area contributed by atoms with E-state index < -0.39 is 0 Å². The second-order valence-corrected chi connectivity index (χ2v) is 7.82. The van der Waals surface area contributed by atoms with Gasteiger partial charge in [0.2, 0.25) is 0 Å². The van der Waals surface area contributed by atoms with Gasteiger partial charge in [-0.05, 0) is 37.5 Å². The topological polar surface area (TPSA) is 26.3 Å². The minimum absolute atomic E-state index is 0.0366. The molecule has 2 heteroatoms. The van der Waals surface area contributed by atoms with Crippen LogP contribution in [0.4, 0.5) is 0 Å². The average Bonchev–Trinajstić information content (AvgIpc) is 2.52. The number of rotatable bonds is 14. The number of esters is 1. The number of hydrogen-bond acceptors (Lipinski definition) is 2. The monoisotopic (exact) mass is 336 g/mol. The normalized spacial score (nSPS) is 12.3. The van der Waals surface area contributed by atoms with Crippen LogP contribution >= 0.6 is 0 Å². The molecule has 0 aromatic heterocycles. The van der Waals surface area contributed by atoms with Gasteiger partial charge in [0.15, 0.2) is 0 Å². The molecule has 0 atom stereocenters. The maximum atomic E-state index is 11.6. The van der Waals surface area contributed by atoms with Crippen molar-refractivity contribution in [1.29, 1.82) is 0 Å². The predicted molar refractivity (Wildman–Crippen MR) is 105 cm³/mol. The Morgan fingerprint density at radius 3 is 2.04 bits per heavy atom. The van der Waals surface area contributed by atoms with Gasteiger partial charge in [0.25, 0.3) is 0 Å². The van der Waals surface area contributed by atoms with Gasteiger partial charge in [-0.15, -0.1) is 0 Å². The summed E-state index contributed by atoms with van der Waals surface area (Å²) in [5.41, 5.74) is 0.0665. The molecule has 0 spiro atoms. The molecule has 0 radical (unpaired) electrons. The minimum atomic E-state index is -0.0366. The van der Waals surface area contributed by atoms with E-state index in [2.05, 4.69) is 52.0 Å². The molecule has 0 N–H and O–H groups in total. The molecule has 0 saturated carbocycles. The highest BCUT2D eigenvalue weighted by atomic mass is 16.5. The molecular weight excluding hydrogens is 296 g/mol. The van der Waals surface area contributed by atoms with Gasteiger partial charge in [0, 0.05) is 6.42 Å². The summed E-state index contributed by atoms with van der Waals surface area (Å²) in [6, 6.07) is 0. The highest BCUT2D eigenvalue weighted by Gasteiger charge is 2.13. The van der Waals surface area contributed by atoms with Crippen LogP contribution in [-0.4, -0.2) is 12.6 Å². The molecule has 0 aliphatic heterocycles. The van der Waals surface area contributed by atoms with Crippen molar-refractivity contribution in [3.63, 3.8) is 0 Å². The molecule has 0 unspecified atom stereocenters. The third-order valence-corrected chi connectivity index (χ3v) is 3.76. The first-order valence-electron chi connectivity index (χ1n) is 9.91. The number of unbranched alkanes of at least 4 members (excludes halogenated alkanes) is 7. The summed E-state index contributed by atoms with van der Waals surface area (Å²) in [7, 11) is 0. The second kappa shape index (κ2) is 15.5. The molecule has 0 aromatic rings.